The van der Waals surface area contributed by atoms with Crippen molar-refractivity contribution in [1.29, 1.82) is 0 Å². The highest BCUT2D eigenvalue weighted by Crippen LogP contribution is 2.29. The van der Waals surface area contributed by atoms with Gasteiger partial charge in [0.15, 0.2) is 0 Å². The fraction of sp³-hybridized carbons (Fsp3) is 0.0476. The zero-order chi connectivity index (χ0) is 17.9. The van der Waals surface area contributed by atoms with Crippen LogP contribution < -0.4 is 5.32 Å². The molecular formula is C21H16FN3O. The molecule has 0 unspecified atom stereocenters. The lowest BCUT2D eigenvalue weighted by Crippen LogP contribution is -2.16. The largest absolute Gasteiger partial charge is 0.310 e. The van der Waals surface area contributed by atoms with Gasteiger partial charge < -0.3 is 5.32 Å². The summed E-state index contributed by atoms with van der Waals surface area (Å²) in [6.45, 7) is 0. The second-order valence-corrected chi connectivity index (χ2v) is 5.96. The van der Waals surface area contributed by atoms with Crippen LogP contribution in [0.3, 0.4) is 0 Å². The fourth-order valence-electron chi connectivity index (χ4n) is 2.88. The fourth-order valence-corrected chi connectivity index (χ4v) is 2.88. The molecule has 5 heteroatoms. The first kappa shape index (κ1) is 16.0. The van der Waals surface area contributed by atoms with Crippen LogP contribution in [0.5, 0.6) is 0 Å². The van der Waals surface area contributed by atoms with Crippen LogP contribution in [0.1, 0.15) is 5.56 Å². The number of anilines is 1. The molecule has 0 aliphatic carbocycles. The van der Waals surface area contributed by atoms with Gasteiger partial charge in [-0.15, -0.1) is 0 Å². The van der Waals surface area contributed by atoms with Gasteiger partial charge in [-0.25, -0.2) is 9.37 Å². The Morgan fingerprint density at radius 1 is 0.962 bits per heavy atom. The van der Waals surface area contributed by atoms with Crippen LogP contribution in [-0.4, -0.2) is 15.3 Å². The Morgan fingerprint density at radius 2 is 1.69 bits per heavy atom. The number of pyridine rings is 1. The van der Waals surface area contributed by atoms with Crippen molar-refractivity contribution in [3.8, 4) is 11.3 Å². The summed E-state index contributed by atoms with van der Waals surface area (Å²) in [5.41, 5.74) is 2.99. The van der Waals surface area contributed by atoms with E-state index in [0.717, 1.165) is 11.1 Å². The molecule has 128 valence electrons. The summed E-state index contributed by atoms with van der Waals surface area (Å²) in [5.74, 6) is 0.130. The van der Waals surface area contributed by atoms with Crippen LogP contribution >= 0.6 is 0 Å². The Kier molecular flexibility index (Phi) is 4.19. The first-order valence-electron chi connectivity index (χ1n) is 8.27. The monoisotopic (exact) mass is 345 g/mol. The Labute approximate surface area is 149 Å². The molecule has 0 fully saturated rings. The van der Waals surface area contributed by atoms with Crippen molar-refractivity contribution in [3.05, 3.63) is 90.4 Å². The van der Waals surface area contributed by atoms with Gasteiger partial charge in [0.25, 0.3) is 0 Å². The summed E-state index contributed by atoms with van der Waals surface area (Å²) in [7, 11) is 0. The molecule has 2 aromatic carbocycles. The van der Waals surface area contributed by atoms with E-state index in [1.807, 2.05) is 59.1 Å². The van der Waals surface area contributed by atoms with E-state index in [0.29, 0.717) is 17.2 Å². The van der Waals surface area contributed by atoms with Crippen molar-refractivity contribution < 1.29 is 9.18 Å². The molecule has 0 radical (unpaired) electrons. The Morgan fingerprint density at radius 3 is 2.46 bits per heavy atom. The zero-order valence-corrected chi connectivity index (χ0v) is 13.9. The molecule has 26 heavy (non-hydrogen) atoms. The van der Waals surface area contributed by atoms with Gasteiger partial charge in [-0.1, -0.05) is 36.4 Å². The number of carbonyl (C=O) groups excluding carboxylic acids is 1. The van der Waals surface area contributed by atoms with Gasteiger partial charge in [-0.05, 0) is 42.0 Å². The summed E-state index contributed by atoms with van der Waals surface area (Å²) in [6, 6.07) is 21.2. The summed E-state index contributed by atoms with van der Waals surface area (Å²) in [5, 5.41) is 2.96. The van der Waals surface area contributed by atoms with E-state index in [-0.39, 0.29) is 18.1 Å². The molecule has 4 aromatic rings. The Balaban J connectivity index is 1.72. The van der Waals surface area contributed by atoms with Crippen LogP contribution in [-0.2, 0) is 11.2 Å². The van der Waals surface area contributed by atoms with Crippen LogP contribution in [0.15, 0.2) is 79.0 Å². The van der Waals surface area contributed by atoms with E-state index >= 15 is 0 Å². The van der Waals surface area contributed by atoms with Crippen molar-refractivity contribution in [1.82, 2.24) is 9.38 Å². The number of fused-ring (bicyclic) bond motifs is 1. The molecule has 0 saturated carbocycles. The third kappa shape index (κ3) is 3.19. The standard InChI is InChI=1S/C21H16FN3O/c22-17-11-9-16(10-12-17)20-21(25-13-5-4-8-18(25)23-20)24-19(26)14-15-6-2-1-3-7-15/h1-13H,14H2,(H,24,26). The van der Waals surface area contributed by atoms with Gasteiger partial charge in [0.05, 0.1) is 6.42 Å². The number of aromatic nitrogens is 2. The Bertz CT molecular complexity index is 1060. The molecule has 2 aromatic heterocycles. The molecule has 0 aliphatic heterocycles. The number of halogens is 1. The molecule has 0 saturated heterocycles. The smallest absolute Gasteiger partial charge is 0.229 e. The highest BCUT2D eigenvalue weighted by atomic mass is 19.1. The van der Waals surface area contributed by atoms with E-state index in [1.165, 1.54) is 12.1 Å². The lowest BCUT2D eigenvalue weighted by atomic mass is 10.1. The normalized spacial score (nSPS) is 10.8. The highest BCUT2D eigenvalue weighted by Gasteiger charge is 2.16. The summed E-state index contributed by atoms with van der Waals surface area (Å²) >= 11 is 0. The van der Waals surface area contributed by atoms with Crippen LogP contribution in [0.25, 0.3) is 16.9 Å². The minimum Gasteiger partial charge on any atom is -0.310 e. The van der Waals surface area contributed by atoms with Gasteiger partial charge in [0.2, 0.25) is 5.91 Å². The summed E-state index contributed by atoms with van der Waals surface area (Å²) in [6.07, 6.45) is 2.11. The number of imidazole rings is 1. The van der Waals surface area contributed by atoms with Gasteiger partial charge in [-0.2, -0.15) is 0 Å². The van der Waals surface area contributed by atoms with E-state index in [4.69, 9.17) is 0 Å². The van der Waals surface area contributed by atoms with E-state index in [2.05, 4.69) is 10.3 Å². The maximum Gasteiger partial charge on any atom is 0.229 e. The number of rotatable bonds is 4. The minimum absolute atomic E-state index is 0.134. The molecule has 1 amide bonds. The van der Waals surface area contributed by atoms with E-state index < -0.39 is 0 Å². The zero-order valence-electron chi connectivity index (χ0n) is 13.9. The Hall–Kier alpha value is -3.47. The first-order chi connectivity index (χ1) is 12.7. The van der Waals surface area contributed by atoms with Gasteiger partial charge >= 0.3 is 0 Å². The van der Waals surface area contributed by atoms with Gasteiger partial charge in [0, 0.05) is 11.8 Å². The second-order valence-electron chi connectivity index (χ2n) is 5.96. The summed E-state index contributed by atoms with van der Waals surface area (Å²) in [4.78, 5) is 17.1. The van der Waals surface area contributed by atoms with Gasteiger partial charge in [-0.3, -0.25) is 9.20 Å². The number of benzene rings is 2. The van der Waals surface area contributed by atoms with Crippen LogP contribution in [0.4, 0.5) is 10.2 Å². The van der Waals surface area contributed by atoms with Crippen molar-refractivity contribution in [2.24, 2.45) is 0 Å². The van der Waals surface area contributed by atoms with E-state index in [1.54, 1.807) is 12.1 Å². The molecule has 4 rings (SSSR count). The summed E-state index contributed by atoms with van der Waals surface area (Å²) < 4.78 is 15.1. The maximum atomic E-state index is 13.3. The topological polar surface area (TPSA) is 46.4 Å². The SMILES string of the molecule is O=C(Cc1ccccc1)Nc1c(-c2ccc(F)cc2)nc2ccccn12. The minimum atomic E-state index is -0.313. The predicted molar refractivity (Wildman–Crippen MR) is 99.4 cm³/mol. The number of hydrogen-bond acceptors (Lipinski definition) is 2. The van der Waals surface area contributed by atoms with Crippen molar-refractivity contribution >= 4 is 17.4 Å². The number of nitrogens with one attached hydrogen (secondary N) is 1. The van der Waals surface area contributed by atoms with Crippen molar-refractivity contribution in [3.63, 3.8) is 0 Å². The van der Waals surface area contributed by atoms with Crippen LogP contribution in [0, 0.1) is 5.82 Å². The van der Waals surface area contributed by atoms with Crippen LogP contribution in [0.2, 0.25) is 0 Å². The predicted octanol–water partition coefficient (Wildman–Crippen LogP) is 4.32. The number of hydrogen-bond donors (Lipinski definition) is 1. The lowest BCUT2D eigenvalue weighted by molar-refractivity contribution is -0.115. The number of nitrogens with zero attached hydrogens (tertiary/aromatic N) is 2. The number of amides is 1. The van der Waals surface area contributed by atoms with E-state index in [9.17, 15) is 9.18 Å². The molecule has 0 bridgehead atoms. The third-order valence-corrected chi connectivity index (χ3v) is 4.11. The van der Waals surface area contributed by atoms with Gasteiger partial charge in [0.1, 0.15) is 23.0 Å². The molecule has 4 nitrogen and oxygen atoms in total. The van der Waals surface area contributed by atoms with Crippen molar-refractivity contribution in [2.75, 3.05) is 5.32 Å². The molecule has 2 heterocycles. The molecular weight excluding hydrogens is 329 g/mol. The average molecular weight is 345 g/mol. The molecule has 0 atom stereocenters. The first-order valence-corrected chi connectivity index (χ1v) is 8.27. The molecule has 0 spiro atoms. The third-order valence-electron chi connectivity index (χ3n) is 4.11. The van der Waals surface area contributed by atoms with Crippen molar-refractivity contribution in [2.45, 2.75) is 6.42 Å². The number of carbonyl (C=O) groups is 1. The maximum absolute atomic E-state index is 13.3. The average Bonchev–Trinajstić information content (AvgIpc) is 3.02. The highest BCUT2D eigenvalue weighted by molar-refractivity contribution is 5.95. The molecule has 0 aliphatic rings. The second kappa shape index (κ2) is 6.80. The quantitative estimate of drug-likeness (QED) is 0.599. The molecule has 1 N–H and O–H groups in total. The lowest BCUT2D eigenvalue weighted by Gasteiger charge is -2.08.